The summed E-state index contributed by atoms with van der Waals surface area (Å²) in [6.07, 6.45) is 1.11. The van der Waals surface area contributed by atoms with E-state index in [-0.39, 0.29) is 17.5 Å². The molecule has 2 aromatic rings. The van der Waals surface area contributed by atoms with Gasteiger partial charge in [-0.3, -0.25) is 10.1 Å². The second kappa shape index (κ2) is 5.89. The number of halogens is 2. The lowest BCUT2D eigenvalue weighted by molar-refractivity contribution is -0.384. The molecule has 1 heterocycles. The van der Waals surface area contributed by atoms with Gasteiger partial charge in [0.05, 0.1) is 15.6 Å². The van der Waals surface area contributed by atoms with Crippen LogP contribution in [0.3, 0.4) is 0 Å². The van der Waals surface area contributed by atoms with Gasteiger partial charge in [0, 0.05) is 12.1 Å². The second-order valence-electron chi connectivity index (χ2n) is 3.68. The van der Waals surface area contributed by atoms with Gasteiger partial charge in [-0.1, -0.05) is 23.2 Å². The quantitative estimate of drug-likeness (QED) is 0.663. The fraction of sp³-hybridized carbons (Fsp3) is 0.0909. The molecule has 0 radical (unpaired) electrons. The van der Waals surface area contributed by atoms with Crippen LogP contribution in [0.2, 0.25) is 10.0 Å². The molecule has 0 amide bonds. The number of aromatic nitrogens is 2. The van der Waals surface area contributed by atoms with Crippen molar-refractivity contribution in [3.8, 4) is 0 Å². The summed E-state index contributed by atoms with van der Waals surface area (Å²) in [6, 6.07) is 4.75. The van der Waals surface area contributed by atoms with Crippen molar-refractivity contribution < 1.29 is 4.92 Å². The van der Waals surface area contributed by atoms with Crippen molar-refractivity contribution in [1.29, 1.82) is 0 Å². The Morgan fingerprint density at radius 3 is 2.75 bits per heavy atom. The largest absolute Gasteiger partial charge is 0.357 e. The molecule has 0 saturated heterocycles. The van der Waals surface area contributed by atoms with E-state index in [1.165, 1.54) is 0 Å². The molecular formula is C11H9Cl2N5O2. The average molecular weight is 314 g/mol. The number of nitrogens with one attached hydrogen (secondary N) is 2. The summed E-state index contributed by atoms with van der Waals surface area (Å²) in [5.74, 6) is 0.273. The van der Waals surface area contributed by atoms with Crippen molar-refractivity contribution in [3.63, 3.8) is 0 Å². The lowest BCUT2D eigenvalue weighted by atomic mass is 10.3. The standard InChI is InChI=1S/C11H9Cl2N5O2/c1-14-11-15-5-9(18(19)20)10(17-11)16-8-4-6(12)2-3-7(8)13/h2-5H,1H3,(H2,14,15,16,17). The Balaban J connectivity index is 2.45. The van der Waals surface area contributed by atoms with Crippen LogP contribution in [0.4, 0.5) is 23.1 Å². The van der Waals surface area contributed by atoms with E-state index < -0.39 is 4.92 Å². The van der Waals surface area contributed by atoms with E-state index in [9.17, 15) is 10.1 Å². The Hall–Kier alpha value is -2.12. The average Bonchev–Trinajstić information content (AvgIpc) is 2.42. The molecule has 0 aliphatic rings. The molecule has 20 heavy (non-hydrogen) atoms. The predicted molar refractivity (Wildman–Crippen MR) is 78.0 cm³/mol. The molecule has 1 aromatic carbocycles. The van der Waals surface area contributed by atoms with Gasteiger partial charge in [0.15, 0.2) is 0 Å². The normalized spacial score (nSPS) is 10.2. The lowest BCUT2D eigenvalue weighted by Gasteiger charge is -2.09. The molecule has 1 aromatic heterocycles. The molecule has 7 nitrogen and oxygen atoms in total. The highest BCUT2D eigenvalue weighted by molar-refractivity contribution is 6.35. The minimum Gasteiger partial charge on any atom is -0.357 e. The highest BCUT2D eigenvalue weighted by atomic mass is 35.5. The van der Waals surface area contributed by atoms with Crippen molar-refractivity contribution >= 4 is 46.3 Å². The zero-order chi connectivity index (χ0) is 14.7. The molecule has 9 heteroatoms. The third kappa shape index (κ3) is 3.06. The molecule has 0 saturated carbocycles. The van der Waals surface area contributed by atoms with Gasteiger partial charge in [-0.05, 0) is 18.2 Å². The first kappa shape index (κ1) is 14.3. The van der Waals surface area contributed by atoms with Crippen molar-refractivity contribution in [3.05, 3.63) is 44.6 Å². The summed E-state index contributed by atoms with van der Waals surface area (Å²) < 4.78 is 0. The summed E-state index contributed by atoms with van der Waals surface area (Å²) in [5.41, 5.74) is 0.156. The molecule has 0 aliphatic carbocycles. The van der Waals surface area contributed by atoms with Gasteiger partial charge >= 0.3 is 5.69 Å². The Labute approximate surface area is 124 Å². The predicted octanol–water partition coefficient (Wildman–Crippen LogP) is 3.48. The van der Waals surface area contributed by atoms with Gasteiger partial charge in [0.2, 0.25) is 11.8 Å². The van der Waals surface area contributed by atoms with Crippen LogP contribution in [0.1, 0.15) is 0 Å². The Bertz CT molecular complexity index is 665. The first-order valence-electron chi connectivity index (χ1n) is 5.42. The smallest absolute Gasteiger partial charge is 0.329 e. The van der Waals surface area contributed by atoms with Crippen LogP contribution in [0.15, 0.2) is 24.4 Å². The van der Waals surface area contributed by atoms with Crippen LogP contribution in [0.25, 0.3) is 0 Å². The van der Waals surface area contributed by atoms with Crippen molar-refractivity contribution in [1.82, 2.24) is 9.97 Å². The fourth-order valence-electron chi connectivity index (χ4n) is 1.44. The van der Waals surface area contributed by atoms with Gasteiger partial charge < -0.3 is 10.6 Å². The van der Waals surface area contributed by atoms with Crippen LogP contribution >= 0.6 is 23.2 Å². The van der Waals surface area contributed by atoms with Crippen LogP contribution < -0.4 is 10.6 Å². The van der Waals surface area contributed by atoms with Crippen molar-refractivity contribution in [2.24, 2.45) is 0 Å². The number of benzene rings is 1. The van der Waals surface area contributed by atoms with E-state index in [1.807, 2.05) is 0 Å². The SMILES string of the molecule is CNc1ncc([N+](=O)[O-])c(Nc2cc(Cl)ccc2Cl)n1. The molecule has 0 atom stereocenters. The van der Waals surface area contributed by atoms with E-state index >= 15 is 0 Å². The van der Waals surface area contributed by atoms with Crippen LogP contribution in [0.5, 0.6) is 0 Å². The molecule has 0 aliphatic heterocycles. The Kier molecular flexibility index (Phi) is 4.21. The molecule has 2 rings (SSSR count). The van der Waals surface area contributed by atoms with Crippen LogP contribution in [0, 0.1) is 10.1 Å². The fourth-order valence-corrected chi connectivity index (χ4v) is 1.78. The maximum atomic E-state index is 11.0. The van der Waals surface area contributed by atoms with Gasteiger partial charge in [-0.25, -0.2) is 4.98 Å². The molecule has 0 spiro atoms. The number of anilines is 3. The third-order valence-electron chi connectivity index (χ3n) is 2.37. The minimum atomic E-state index is -0.583. The Morgan fingerprint density at radius 1 is 1.35 bits per heavy atom. The van der Waals surface area contributed by atoms with E-state index in [0.717, 1.165) is 6.20 Å². The first-order valence-corrected chi connectivity index (χ1v) is 6.18. The molecule has 0 unspecified atom stereocenters. The molecule has 2 N–H and O–H groups in total. The van der Waals surface area contributed by atoms with Crippen LogP contribution in [-0.4, -0.2) is 21.9 Å². The highest BCUT2D eigenvalue weighted by Gasteiger charge is 2.18. The minimum absolute atomic E-state index is 0.0264. The van der Waals surface area contributed by atoms with E-state index in [0.29, 0.717) is 15.7 Å². The monoisotopic (exact) mass is 313 g/mol. The molecule has 104 valence electrons. The summed E-state index contributed by atoms with van der Waals surface area (Å²) in [5, 5.41) is 17.3. The maximum Gasteiger partial charge on any atom is 0.329 e. The van der Waals surface area contributed by atoms with E-state index in [1.54, 1.807) is 25.2 Å². The molecule has 0 fully saturated rings. The molecular weight excluding hydrogens is 305 g/mol. The first-order chi connectivity index (χ1) is 9.51. The number of rotatable bonds is 4. The van der Waals surface area contributed by atoms with Crippen molar-refractivity contribution in [2.45, 2.75) is 0 Å². The zero-order valence-electron chi connectivity index (χ0n) is 10.2. The van der Waals surface area contributed by atoms with E-state index in [2.05, 4.69) is 20.6 Å². The number of nitrogens with zero attached hydrogens (tertiary/aromatic N) is 3. The summed E-state index contributed by atoms with van der Waals surface area (Å²) in [7, 11) is 1.61. The summed E-state index contributed by atoms with van der Waals surface area (Å²) in [4.78, 5) is 18.2. The third-order valence-corrected chi connectivity index (χ3v) is 2.94. The van der Waals surface area contributed by atoms with E-state index in [4.69, 9.17) is 23.2 Å². The number of hydrogen-bond acceptors (Lipinski definition) is 6. The number of nitro groups is 1. The van der Waals surface area contributed by atoms with Crippen molar-refractivity contribution in [2.75, 3.05) is 17.7 Å². The maximum absolute atomic E-state index is 11.0. The van der Waals surface area contributed by atoms with Gasteiger partial charge in [0.1, 0.15) is 6.20 Å². The number of hydrogen-bond donors (Lipinski definition) is 2. The second-order valence-corrected chi connectivity index (χ2v) is 4.53. The summed E-state index contributed by atoms with van der Waals surface area (Å²) in [6.45, 7) is 0. The van der Waals surface area contributed by atoms with Gasteiger partial charge in [-0.2, -0.15) is 4.98 Å². The summed E-state index contributed by atoms with van der Waals surface area (Å²) >= 11 is 11.9. The van der Waals surface area contributed by atoms with Gasteiger partial charge in [0.25, 0.3) is 0 Å². The molecule has 0 bridgehead atoms. The topological polar surface area (TPSA) is 93.0 Å². The van der Waals surface area contributed by atoms with Gasteiger partial charge in [-0.15, -0.1) is 0 Å². The highest BCUT2D eigenvalue weighted by Crippen LogP contribution is 2.31. The Morgan fingerprint density at radius 2 is 2.10 bits per heavy atom. The lowest BCUT2D eigenvalue weighted by Crippen LogP contribution is -2.04. The van der Waals surface area contributed by atoms with Crippen LogP contribution in [-0.2, 0) is 0 Å². The zero-order valence-corrected chi connectivity index (χ0v) is 11.7.